The maximum absolute atomic E-state index is 12.7. The molecule has 1 aliphatic heterocycles. The number of aromatic nitrogens is 2. The van der Waals surface area contributed by atoms with Crippen molar-refractivity contribution in [1.29, 1.82) is 0 Å². The van der Waals surface area contributed by atoms with Crippen LogP contribution in [0.1, 0.15) is 68.1 Å². The lowest BCUT2D eigenvalue weighted by atomic mass is 9.96. The number of anilines is 1. The third-order valence-corrected chi connectivity index (χ3v) is 7.44. The predicted octanol–water partition coefficient (Wildman–Crippen LogP) is 4.60. The van der Waals surface area contributed by atoms with E-state index in [-0.39, 0.29) is 6.03 Å². The second kappa shape index (κ2) is 8.46. The molecule has 1 aliphatic carbocycles. The second-order valence-electron chi connectivity index (χ2n) is 8.78. The highest BCUT2D eigenvalue weighted by Gasteiger charge is 2.27. The fourth-order valence-electron chi connectivity index (χ4n) is 4.37. The van der Waals surface area contributed by atoms with E-state index in [1.54, 1.807) is 11.3 Å². The molecule has 0 atom stereocenters. The molecule has 1 saturated carbocycles. The summed E-state index contributed by atoms with van der Waals surface area (Å²) >= 11 is 1.76. The van der Waals surface area contributed by atoms with Gasteiger partial charge in [0, 0.05) is 43.0 Å². The average molecular weight is 416 g/mol. The van der Waals surface area contributed by atoms with Gasteiger partial charge in [0.15, 0.2) is 0 Å². The molecule has 6 nitrogen and oxygen atoms in total. The molecule has 2 amide bonds. The standard InChI is InChI=1S/C22H33N5OS/c1-14(2)19-24-20(18-15(3)16(4)29-21(18)25-19)26-10-12-27(13-11-26)22(28)23-17-8-6-5-7-9-17/h14,17H,5-13H2,1-4H3,(H,23,28). The first-order chi connectivity index (χ1) is 13.9. The summed E-state index contributed by atoms with van der Waals surface area (Å²) in [5, 5.41) is 4.45. The van der Waals surface area contributed by atoms with Crippen molar-refractivity contribution in [1.82, 2.24) is 20.2 Å². The molecule has 0 unspecified atom stereocenters. The van der Waals surface area contributed by atoms with Crippen LogP contribution in [0.4, 0.5) is 10.6 Å². The maximum Gasteiger partial charge on any atom is 0.317 e. The molecule has 29 heavy (non-hydrogen) atoms. The van der Waals surface area contributed by atoms with E-state index in [1.807, 2.05) is 4.90 Å². The Labute approximate surface area is 177 Å². The Kier molecular flexibility index (Phi) is 5.95. The monoisotopic (exact) mass is 415 g/mol. The summed E-state index contributed by atoms with van der Waals surface area (Å²) in [6.45, 7) is 11.7. The number of fused-ring (bicyclic) bond motifs is 1. The largest absolute Gasteiger partial charge is 0.352 e. The van der Waals surface area contributed by atoms with Crippen LogP contribution in [0.2, 0.25) is 0 Å². The lowest BCUT2D eigenvalue weighted by Crippen LogP contribution is -2.54. The normalized spacial score (nSPS) is 18.7. The van der Waals surface area contributed by atoms with E-state index in [1.165, 1.54) is 35.1 Å². The van der Waals surface area contributed by atoms with E-state index in [2.05, 4.69) is 37.9 Å². The van der Waals surface area contributed by atoms with Crippen LogP contribution >= 0.6 is 11.3 Å². The van der Waals surface area contributed by atoms with E-state index in [0.717, 1.165) is 55.5 Å². The van der Waals surface area contributed by atoms with Gasteiger partial charge < -0.3 is 15.1 Å². The van der Waals surface area contributed by atoms with Gasteiger partial charge in [0.2, 0.25) is 0 Å². The van der Waals surface area contributed by atoms with Crippen LogP contribution in [0, 0.1) is 13.8 Å². The van der Waals surface area contributed by atoms with Crippen LogP contribution in [0.5, 0.6) is 0 Å². The lowest BCUT2D eigenvalue weighted by molar-refractivity contribution is 0.186. The smallest absolute Gasteiger partial charge is 0.317 e. The van der Waals surface area contributed by atoms with Crippen LogP contribution < -0.4 is 10.2 Å². The van der Waals surface area contributed by atoms with Gasteiger partial charge in [-0.05, 0) is 32.3 Å². The van der Waals surface area contributed by atoms with E-state index in [4.69, 9.17) is 9.97 Å². The van der Waals surface area contributed by atoms with Gasteiger partial charge in [0.1, 0.15) is 16.5 Å². The van der Waals surface area contributed by atoms with E-state index < -0.39 is 0 Å². The summed E-state index contributed by atoms with van der Waals surface area (Å²) in [4.78, 5) is 29.2. The third-order valence-electron chi connectivity index (χ3n) is 6.34. The number of piperazine rings is 1. The number of hydrogen-bond donors (Lipinski definition) is 1. The molecular formula is C22H33N5OS. The van der Waals surface area contributed by atoms with Crippen LogP contribution in [-0.2, 0) is 0 Å². The van der Waals surface area contributed by atoms with Crippen molar-refractivity contribution < 1.29 is 4.79 Å². The van der Waals surface area contributed by atoms with Gasteiger partial charge in [-0.25, -0.2) is 14.8 Å². The molecule has 0 radical (unpaired) electrons. The molecule has 2 aliphatic rings. The lowest BCUT2D eigenvalue weighted by Gasteiger charge is -2.37. The van der Waals surface area contributed by atoms with Crippen molar-refractivity contribution in [3.63, 3.8) is 0 Å². The quantitative estimate of drug-likeness (QED) is 0.796. The van der Waals surface area contributed by atoms with Gasteiger partial charge in [-0.3, -0.25) is 0 Å². The predicted molar refractivity (Wildman–Crippen MR) is 120 cm³/mol. The van der Waals surface area contributed by atoms with Crippen molar-refractivity contribution in [3.05, 3.63) is 16.3 Å². The Morgan fingerprint density at radius 3 is 2.41 bits per heavy atom. The minimum absolute atomic E-state index is 0.106. The zero-order chi connectivity index (χ0) is 20.5. The molecule has 1 N–H and O–H groups in total. The van der Waals surface area contributed by atoms with Crippen molar-refractivity contribution in [2.24, 2.45) is 0 Å². The van der Waals surface area contributed by atoms with Crippen LogP contribution in [-0.4, -0.2) is 53.1 Å². The van der Waals surface area contributed by atoms with Crippen molar-refractivity contribution >= 4 is 33.4 Å². The molecule has 3 heterocycles. The van der Waals surface area contributed by atoms with Crippen LogP contribution in [0.15, 0.2) is 0 Å². The van der Waals surface area contributed by atoms with Gasteiger partial charge in [-0.15, -0.1) is 11.3 Å². The minimum Gasteiger partial charge on any atom is -0.352 e. The first-order valence-corrected chi connectivity index (χ1v) is 11.8. The first-order valence-electron chi connectivity index (χ1n) is 11.0. The Hall–Kier alpha value is -1.89. The highest BCUT2D eigenvalue weighted by Crippen LogP contribution is 2.36. The second-order valence-corrected chi connectivity index (χ2v) is 9.99. The fraction of sp³-hybridized carbons (Fsp3) is 0.682. The molecule has 0 aromatic carbocycles. The van der Waals surface area contributed by atoms with Gasteiger partial charge >= 0.3 is 6.03 Å². The summed E-state index contributed by atoms with van der Waals surface area (Å²) < 4.78 is 0. The number of nitrogens with zero attached hydrogens (tertiary/aromatic N) is 4. The zero-order valence-electron chi connectivity index (χ0n) is 18.1. The van der Waals surface area contributed by atoms with Gasteiger partial charge in [0.25, 0.3) is 0 Å². The summed E-state index contributed by atoms with van der Waals surface area (Å²) in [5.41, 5.74) is 1.28. The van der Waals surface area contributed by atoms with Crippen LogP contribution in [0.3, 0.4) is 0 Å². The van der Waals surface area contributed by atoms with Crippen molar-refractivity contribution in [2.75, 3.05) is 31.1 Å². The molecular weight excluding hydrogens is 382 g/mol. The molecule has 2 aromatic rings. The third kappa shape index (κ3) is 4.20. The van der Waals surface area contributed by atoms with Gasteiger partial charge in [-0.1, -0.05) is 33.1 Å². The molecule has 0 spiro atoms. The van der Waals surface area contributed by atoms with Gasteiger partial charge in [0.05, 0.1) is 5.39 Å². The summed E-state index contributed by atoms with van der Waals surface area (Å²) in [6.07, 6.45) is 6.02. The topological polar surface area (TPSA) is 61.4 Å². The number of hydrogen-bond acceptors (Lipinski definition) is 5. The summed E-state index contributed by atoms with van der Waals surface area (Å²) in [7, 11) is 0. The number of aryl methyl sites for hydroxylation is 2. The van der Waals surface area contributed by atoms with E-state index in [9.17, 15) is 4.79 Å². The fourth-order valence-corrected chi connectivity index (χ4v) is 5.40. The number of nitrogens with one attached hydrogen (secondary N) is 1. The Balaban J connectivity index is 1.49. The molecule has 0 bridgehead atoms. The summed E-state index contributed by atoms with van der Waals surface area (Å²) in [6, 6.07) is 0.468. The molecule has 2 fully saturated rings. The zero-order valence-corrected chi connectivity index (χ0v) is 18.9. The average Bonchev–Trinajstić information content (AvgIpc) is 3.02. The minimum atomic E-state index is 0.106. The molecule has 4 rings (SSSR count). The number of rotatable bonds is 3. The van der Waals surface area contributed by atoms with E-state index >= 15 is 0 Å². The highest BCUT2D eigenvalue weighted by atomic mass is 32.1. The van der Waals surface area contributed by atoms with Crippen molar-refractivity contribution in [3.8, 4) is 0 Å². The number of carbonyl (C=O) groups excluding carboxylic acids is 1. The first kappa shape index (κ1) is 20.4. The summed E-state index contributed by atoms with van der Waals surface area (Å²) in [5.74, 6) is 2.25. The Bertz CT molecular complexity index is 879. The highest BCUT2D eigenvalue weighted by molar-refractivity contribution is 7.18. The number of thiophene rings is 1. The van der Waals surface area contributed by atoms with Crippen molar-refractivity contribution in [2.45, 2.75) is 71.8 Å². The van der Waals surface area contributed by atoms with Gasteiger partial charge in [-0.2, -0.15) is 0 Å². The molecule has 158 valence electrons. The SMILES string of the molecule is Cc1sc2nc(C(C)C)nc(N3CCN(C(=O)NC4CCCCC4)CC3)c2c1C. The molecule has 7 heteroatoms. The Morgan fingerprint density at radius 2 is 1.76 bits per heavy atom. The maximum atomic E-state index is 12.7. The van der Waals surface area contributed by atoms with Crippen LogP contribution in [0.25, 0.3) is 10.2 Å². The molecule has 1 saturated heterocycles. The van der Waals surface area contributed by atoms with E-state index in [0.29, 0.717) is 12.0 Å². The Morgan fingerprint density at radius 1 is 1.07 bits per heavy atom. The number of urea groups is 1. The molecule has 2 aromatic heterocycles. The number of amides is 2. The number of carbonyl (C=O) groups is 1.